The summed E-state index contributed by atoms with van der Waals surface area (Å²) in [5, 5.41) is 21.2. The van der Waals surface area contributed by atoms with E-state index < -0.39 is 11.9 Å². The third-order valence-corrected chi connectivity index (χ3v) is 5.79. The second-order valence-electron chi connectivity index (χ2n) is 7.40. The second kappa shape index (κ2) is 10.6. The van der Waals surface area contributed by atoms with Crippen molar-refractivity contribution in [1.29, 1.82) is 5.26 Å². The summed E-state index contributed by atoms with van der Waals surface area (Å²) in [6, 6.07) is 19.8. The zero-order valence-electron chi connectivity index (χ0n) is 18.9. The number of esters is 1. The van der Waals surface area contributed by atoms with Crippen LogP contribution in [-0.2, 0) is 9.53 Å². The van der Waals surface area contributed by atoms with Crippen LogP contribution in [0.15, 0.2) is 70.7 Å². The van der Waals surface area contributed by atoms with Gasteiger partial charge in [0.25, 0.3) is 5.91 Å². The van der Waals surface area contributed by atoms with Gasteiger partial charge in [0.05, 0.1) is 12.2 Å². The van der Waals surface area contributed by atoms with Crippen molar-refractivity contribution in [2.45, 2.75) is 13.8 Å². The number of aromatic nitrogens is 2. The monoisotopic (exact) mass is 484 g/mol. The number of benzene rings is 2. The number of nitriles is 1. The lowest BCUT2D eigenvalue weighted by molar-refractivity contribution is -0.112. The van der Waals surface area contributed by atoms with Crippen molar-refractivity contribution < 1.29 is 18.7 Å². The highest BCUT2D eigenvalue weighted by Crippen LogP contribution is 2.27. The van der Waals surface area contributed by atoms with Crippen LogP contribution < -0.4 is 5.32 Å². The first-order valence-electron chi connectivity index (χ1n) is 10.7. The third-order valence-electron chi connectivity index (χ3n) is 4.90. The Bertz CT molecular complexity index is 1430. The van der Waals surface area contributed by atoms with Crippen molar-refractivity contribution >= 4 is 34.4 Å². The smallest absolute Gasteiger partial charge is 0.338 e. The van der Waals surface area contributed by atoms with Crippen molar-refractivity contribution in [3.8, 4) is 28.0 Å². The molecule has 0 saturated carbocycles. The van der Waals surface area contributed by atoms with Crippen LogP contribution in [0.3, 0.4) is 0 Å². The minimum Gasteiger partial charge on any atom is -0.462 e. The van der Waals surface area contributed by atoms with E-state index in [1.54, 1.807) is 43.3 Å². The van der Waals surface area contributed by atoms with Gasteiger partial charge in [0.2, 0.25) is 5.13 Å². The molecule has 0 aliphatic carbocycles. The summed E-state index contributed by atoms with van der Waals surface area (Å²) in [4.78, 5) is 24.4. The first kappa shape index (κ1) is 23.6. The van der Waals surface area contributed by atoms with Gasteiger partial charge in [-0.1, -0.05) is 53.3 Å². The maximum absolute atomic E-state index is 12.6. The molecule has 0 unspecified atom stereocenters. The highest BCUT2D eigenvalue weighted by atomic mass is 32.1. The van der Waals surface area contributed by atoms with Crippen LogP contribution in [0, 0.1) is 18.3 Å². The minimum absolute atomic E-state index is 0.143. The van der Waals surface area contributed by atoms with Crippen molar-refractivity contribution in [3.63, 3.8) is 0 Å². The molecule has 2 heterocycles. The van der Waals surface area contributed by atoms with Gasteiger partial charge in [0, 0.05) is 17.2 Å². The van der Waals surface area contributed by atoms with E-state index in [1.807, 2.05) is 37.3 Å². The fraction of sp³-hybridized carbons (Fsp3) is 0.115. The van der Waals surface area contributed by atoms with Gasteiger partial charge in [-0.05, 0) is 38.1 Å². The van der Waals surface area contributed by atoms with E-state index in [2.05, 4.69) is 15.5 Å². The first-order chi connectivity index (χ1) is 17.0. The summed E-state index contributed by atoms with van der Waals surface area (Å²) in [6.07, 6.45) is 1.35. The number of carbonyl (C=O) groups is 2. The van der Waals surface area contributed by atoms with Gasteiger partial charge >= 0.3 is 5.97 Å². The quantitative estimate of drug-likeness (QED) is 0.209. The van der Waals surface area contributed by atoms with Gasteiger partial charge < -0.3 is 9.15 Å². The number of furan rings is 1. The molecule has 1 amide bonds. The SMILES string of the molecule is CCOC(=O)c1ccc(-c2ccc(/C=C(/C#N)C(=O)Nc3nnc(-c4ccc(C)cc4)s3)o2)cc1. The lowest BCUT2D eigenvalue weighted by Gasteiger charge is -2.02. The fourth-order valence-corrected chi connectivity index (χ4v) is 3.86. The molecule has 4 rings (SSSR count). The number of aryl methyl sites for hydroxylation is 1. The van der Waals surface area contributed by atoms with Gasteiger partial charge in [-0.2, -0.15) is 5.26 Å². The predicted octanol–water partition coefficient (Wildman–Crippen LogP) is 5.50. The Hall–Kier alpha value is -4.55. The molecule has 4 aromatic rings. The third kappa shape index (κ3) is 5.69. The van der Waals surface area contributed by atoms with E-state index in [0.29, 0.717) is 28.7 Å². The molecule has 8 nitrogen and oxygen atoms in total. The average Bonchev–Trinajstić information content (AvgIpc) is 3.53. The molecule has 9 heteroatoms. The number of nitrogens with zero attached hydrogens (tertiary/aromatic N) is 3. The van der Waals surface area contributed by atoms with Crippen LogP contribution in [-0.4, -0.2) is 28.7 Å². The molecule has 0 spiro atoms. The van der Waals surface area contributed by atoms with Crippen LogP contribution in [0.4, 0.5) is 5.13 Å². The number of nitrogens with one attached hydrogen (secondary N) is 1. The lowest BCUT2D eigenvalue weighted by Crippen LogP contribution is -2.13. The van der Waals surface area contributed by atoms with Gasteiger partial charge in [-0.15, -0.1) is 10.2 Å². The standard InChI is InChI=1S/C26H20N4O4S/c1-3-33-25(32)19-10-8-17(9-11-19)22-13-12-21(34-22)14-20(15-27)23(31)28-26-30-29-24(35-26)18-6-4-16(2)5-7-18/h4-14H,3H2,1-2H3,(H,28,30,31)/b20-14-. The van der Waals surface area contributed by atoms with Crippen LogP contribution >= 0.6 is 11.3 Å². The average molecular weight is 485 g/mol. The maximum atomic E-state index is 12.6. The molecule has 0 aliphatic heterocycles. The Kier molecular flexibility index (Phi) is 7.14. The van der Waals surface area contributed by atoms with Gasteiger partial charge in [-0.25, -0.2) is 4.79 Å². The number of hydrogen-bond donors (Lipinski definition) is 1. The molecule has 0 fully saturated rings. The zero-order valence-corrected chi connectivity index (χ0v) is 19.8. The van der Waals surface area contributed by atoms with E-state index in [0.717, 1.165) is 16.7 Å². The van der Waals surface area contributed by atoms with Crippen molar-refractivity contribution in [1.82, 2.24) is 10.2 Å². The summed E-state index contributed by atoms with van der Waals surface area (Å²) in [6.45, 7) is 4.04. The molecule has 0 radical (unpaired) electrons. The minimum atomic E-state index is -0.615. The molecular formula is C26H20N4O4S. The Morgan fingerprint density at radius 1 is 1.06 bits per heavy atom. The van der Waals surface area contributed by atoms with Crippen molar-refractivity contribution in [3.05, 3.63) is 83.1 Å². The number of anilines is 1. The normalized spacial score (nSPS) is 11.1. The van der Waals surface area contributed by atoms with E-state index in [1.165, 1.54) is 17.4 Å². The Balaban J connectivity index is 1.45. The van der Waals surface area contributed by atoms with Gasteiger partial charge in [-0.3, -0.25) is 10.1 Å². The number of carbonyl (C=O) groups excluding carboxylic acids is 2. The molecule has 1 N–H and O–H groups in total. The Labute approximate surface area is 205 Å². The van der Waals surface area contributed by atoms with E-state index in [9.17, 15) is 14.9 Å². The number of rotatable bonds is 7. The van der Waals surface area contributed by atoms with Gasteiger partial charge in [0.15, 0.2) is 0 Å². The predicted molar refractivity (Wildman–Crippen MR) is 132 cm³/mol. The topological polar surface area (TPSA) is 118 Å². The number of amides is 1. The molecule has 2 aromatic carbocycles. The summed E-state index contributed by atoms with van der Waals surface area (Å²) < 4.78 is 10.8. The van der Waals surface area contributed by atoms with E-state index in [4.69, 9.17) is 9.15 Å². The lowest BCUT2D eigenvalue weighted by atomic mass is 10.1. The molecule has 0 saturated heterocycles. The van der Waals surface area contributed by atoms with Crippen LogP contribution in [0.25, 0.3) is 28.0 Å². The summed E-state index contributed by atoms with van der Waals surface area (Å²) >= 11 is 1.21. The second-order valence-corrected chi connectivity index (χ2v) is 8.38. The Morgan fingerprint density at radius 3 is 2.46 bits per heavy atom. The number of hydrogen-bond acceptors (Lipinski definition) is 8. The highest BCUT2D eigenvalue weighted by molar-refractivity contribution is 7.18. The Morgan fingerprint density at radius 2 is 1.77 bits per heavy atom. The largest absolute Gasteiger partial charge is 0.462 e. The van der Waals surface area contributed by atoms with Crippen LogP contribution in [0.5, 0.6) is 0 Å². The van der Waals surface area contributed by atoms with Crippen molar-refractivity contribution in [2.24, 2.45) is 0 Å². The molecule has 35 heavy (non-hydrogen) atoms. The van der Waals surface area contributed by atoms with Crippen LogP contribution in [0.1, 0.15) is 28.6 Å². The van der Waals surface area contributed by atoms with Crippen molar-refractivity contribution in [2.75, 3.05) is 11.9 Å². The first-order valence-corrected chi connectivity index (χ1v) is 11.5. The van der Waals surface area contributed by atoms with Crippen LogP contribution in [0.2, 0.25) is 0 Å². The van der Waals surface area contributed by atoms with Gasteiger partial charge in [0.1, 0.15) is 28.2 Å². The number of ether oxygens (including phenoxy) is 1. The zero-order chi connectivity index (χ0) is 24.8. The van der Waals surface area contributed by atoms with E-state index in [-0.39, 0.29) is 10.7 Å². The molecule has 174 valence electrons. The summed E-state index contributed by atoms with van der Waals surface area (Å²) in [7, 11) is 0. The highest BCUT2D eigenvalue weighted by Gasteiger charge is 2.15. The molecule has 2 aromatic heterocycles. The molecule has 0 atom stereocenters. The molecule has 0 bridgehead atoms. The summed E-state index contributed by atoms with van der Waals surface area (Å²) in [5.74, 6) is -0.154. The van der Waals surface area contributed by atoms with E-state index >= 15 is 0 Å². The fourth-order valence-electron chi connectivity index (χ4n) is 3.11. The summed E-state index contributed by atoms with van der Waals surface area (Å²) in [5.41, 5.74) is 3.05. The molecular weight excluding hydrogens is 464 g/mol. The maximum Gasteiger partial charge on any atom is 0.338 e. The molecule has 0 aliphatic rings.